The Kier molecular flexibility index (Phi) is 4.59. The third-order valence-corrected chi connectivity index (χ3v) is 5.62. The molecule has 0 radical (unpaired) electrons. The van der Waals surface area contributed by atoms with Crippen LogP contribution in [0.1, 0.15) is 30.1 Å². The van der Waals surface area contributed by atoms with Crippen LogP contribution in [0.3, 0.4) is 0 Å². The summed E-state index contributed by atoms with van der Waals surface area (Å²) in [6.07, 6.45) is 6.13. The van der Waals surface area contributed by atoms with E-state index in [4.69, 9.17) is 0 Å². The van der Waals surface area contributed by atoms with Gasteiger partial charge >= 0.3 is 0 Å². The molecule has 4 nitrogen and oxygen atoms in total. The fourth-order valence-corrected chi connectivity index (χ4v) is 4.05. The van der Waals surface area contributed by atoms with Gasteiger partial charge in [-0.15, -0.1) is 11.8 Å². The van der Waals surface area contributed by atoms with Crippen molar-refractivity contribution in [3.8, 4) is 0 Å². The van der Waals surface area contributed by atoms with Gasteiger partial charge < -0.3 is 4.98 Å². The van der Waals surface area contributed by atoms with Crippen LogP contribution < -0.4 is 5.56 Å². The molecular weight excluding hydrogens is 330 g/mol. The van der Waals surface area contributed by atoms with Gasteiger partial charge in [0.1, 0.15) is 0 Å². The Morgan fingerprint density at radius 1 is 1.28 bits per heavy atom. The van der Waals surface area contributed by atoms with Gasteiger partial charge in [0.15, 0.2) is 0 Å². The highest BCUT2D eigenvalue weighted by molar-refractivity contribution is 7.98. The van der Waals surface area contributed by atoms with E-state index in [1.807, 2.05) is 36.7 Å². The molecule has 1 N–H and O–H groups in total. The van der Waals surface area contributed by atoms with Crippen molar-refractivity contribution in [1.29, 1.82) is 0 Å². The van der Waals surface area contributed by atoms with Gasteiger partial charge in [-0.1, -0.05) is 12.1 Å². The lowest BCUT2D eigenvalue weighted by Crippen LogP contribution is -2.27. The monoisotopic (exact) mass is 351 g/mol. The van der Waals surface area contributed by atoms with Gasteiger partial charge in [-0.3, -0.25) is 14.7 Å². The second kappa shape index (κ2) is 7.02. The van der Waals surface area contributed by atoms with E-state index < -0.39 is 0 Å². The Morgan fingerprint density at radius 3 is 3.00 bits per heavy atom. The SMILES string of the molecule is CSc1ccc2cc(CN3CCCC3c3ccccn3)c(=O)[nH]c2c1. The maximum absolute atomic E-state index is 12.6. The first-order chi connectivity index (χ1) is 12.2. The van der Waals surface area contributed by atoms with Gasteiger partial charge in [-0.25, -0.2) is 0 Å². The van der Waals surface area contributed by atoms with E-state index >= 15 is 0 Å². The van der Waals surface area contributed by atoms with E-state index in [-0.39, 0.29) is 5.56 Å². The second-order valence-corrected chi connectivity index (χ2v) is 7.34. The molecule has 0 amide bonds. The number of likely N-dealkylation sites (tertiary alicyclic amines) is 1. The van der Waals surface area contributed by atoms with E-state index in [0.29, 0.717) is 12.6 Å². The lowest BCUT2D eigenvalue weighted by molar-refractivity contribution is 0.243. The summed E-state index contributed by atoms with van der Waals surface area (Å²) in [5, 5.41) is 1.08. The average Bonchev–Trinajstić information content (AvgIpc) is 3.11. The standard InChI is InChI=1S/C20H21N3OS/c1-25-16-8-7-14-11-15(20(24)22-18(14)12-16)13-23-10-4-6-19(23)17-5-2-3-9-21-17/h2-3,5,7-9,11-12,19H,4,6,10,13H2,1H3,(H,22,24). The maximum Gasteiger partial charge on any atom is 0.252 e. The highest BCUT2D eigenvalue weighted by Gasteiger charge is 2.27. The molecule has 5 heteroatoms. The maximum atomic E-state index is 12.6. The van der Waals surface area contributed by atoms with Crippen molar-refractivity contribution < 1.29 is 0 Å². The molecule has 0 aliphatic carbocycles. The van der Waals surface area contributed by atoms with Crippen LogP contribution in [0.5, 0.6) is 0 Å². The fraction of sp³-hybridized carbons (Fsp3) is 0.300. The predicted molar refractivity (Wildman–Crippen MR) is 103 cm³/mol. The summed E-state index contributed by atoms with van der Waals surface area (Å²) in [6, 6.07) is 14.6. The molecule has 25 heavy (non-hydrogen) atoms. The number of rotatable bonds is 4. The molecule has 1 atom stereocenters. The van der Waals surface area contributed by atoms with E-state index in [1.165, 1.54) is 0 Å². The van der Waals surface area contributed by atoms with E-state index in [1.54, 1.807) is 11.8 Å². The van der Waals surface area contributed by atoms with Crippen LogP contribution in [0.2, 0.25) is 0 Å². The Morgan fingerprint density at radius 2 is 2.20 bits per heavy atom. The Labute approximate surface area is 151 Å². The zero-order chi connectivity index (χ0) is 17.2. The summed E-state index contributed by atoms with van der Waals surface area (Å²) >= 11 is 1.68. The molecule has 3 heterocycles. The van der Waals surface area contributed by atoms with Crippen LogP contribution >= 0.6 is 11.8 Å². The van der Waals surface area contributed by atoms with Crippen LogP contribution in [-0.2, 0) is 6.54 Å². The minimum atomic E-state index is 0.0115. The third-order valence-electron chi connectivity index (χ3n) is 4.90. The number of pyridine rings is 2. The number of thioether (sulfide) groups is 1. The first-order valence-corrected chi connectivity index (χ1v) is 9.82. The van der Waals surface area contributed by atoms with Crippen molar-refractivity contribution in [2.24, 2.45) is 0 Å². The fourth-order valence-electron chi connectivity index (χ4n) is 3.61. The van der Waals surface area contributed by atoms with Crippen LogP contribution in [0, 0.1) is 0 Å². The quantitative estimate of drug-likeness (QED) is 0.722. The molecule has 2 aromatic heterocycles. The van der Waals surface area contributed by atoms with Gasteiger partial charge in [0, 0.05) is 28.7 Å². The summed E-state index contributed by atoms with van der Waals surface area (Å²) in [4.78, 5) is 23.7. The van der Waals surface area contributed by atoms with Crippen LogP contribution in [0.4, 0.5) is 0 Å². The molecule has 3 aromatic rings. The molecule has 1 saturated heterocycles. The van der Waals surface area contributed by atoms with E-state index in [0.717, 1.165) is 46.4 Å². The molecule has 4 rings (SSSR count). The number of nitrogens with one attached hydrogen (secondary N) is 1. The number of aromatic amines is 1. The van der Waals surface area contributed by atoms with Crippen molar-refractivity contribution in [3.05, 3.63) is 70.3 Å². The molecule has 1 aliphatic heterocycles. The molecule has 1 unspecified atom stereocenters. The van der Waals surface area contributed by atoms with Crippen molar-refractivity contribution in [2.45, 2.75) is 30.3 Å². The van der Waals surface area contributed by atoms with E-state index in [2.05, 4.69) is 33.1 Å². The number of nitrogens with zero attached hydrogens (tertiary/aromatic N) is 2. The van der Waals surface area contributed by atoms with Crippen LogP contribution in [-0.4, -0.2) is 27.7 Å². The average molecular weight is 351 g/mol. The smallest absolute Gasteiger partial charge is 0.252 e. The summed E-state index contributed by atoms with van der Waals surface area (Å²) in [5.41, 5.74) is 2.84. The zero-order valence-electron chi connectivity index (χ0n) is 14.2. The van der Waals surface area contributed by atoms with Crippen LogP contribution in [0.25, 0.3) is 10.9 Å². The highest BCUT2D eigenvalue weighted by atomic mass is 32.2. The lowest BCUT2D eigenvalue weighted by Gasteiger charge is -2.23. The van der Waals surface area contributed by atoms with Crippen molar-refractivity contribution in [2.75, 3.05) is 12.8 Å². The minimum Gasteiger partial charge on any atom is -0.322 e. The largest absolute Gasteiger partial charge is 0.322 e. The topological polar surface area (TPSA) is 49.0 Å². The normalized spacial score (nSPS) is 18.0. The summed E-state index contributed by atoms with van der Waals surface area (Å²) in [5.74, 6) is 0. The predicted octanol–water partition coefficient (Wildman–Crippen LogP) is 3.98. The van der Waals surface area contributed by atoms with Crippen molar-refractivity contribution in [1.82, 2.24) is 14.9 Å². The summed E-state index contributed by atoms with van der Waals surface area (Å²) in [6.45, 7) is 1.67. The third kappa shape index (κ3) is 3.34. The van der Waals surface area contributed by atoms with Crippen molar-refractivity contribution >= 4 is 22.7 Å². The molecule has 1 fully saturated rings. The van der Waals surface area contributed by atoms with Gasteiger partial charge in [0.05, 0.1) is 11.7 Å². The Balaban J connectivity index is 1.63. The van der Waals surface area contributed by atoms with Crippen LogP contribution in [0.15, 0.2) is 58.4 Å². The minimum absolute atomic E-state index is 0.0115. The number of H-pyrrole nitrogens is 1. The first kappa shape index (κ1) is 16.4. The summed E-state index contributed by atoms with van der Waals surface area (Å²) < 4.78 is 0. The summed E-state index contributed by atoms with van der Waals surface area (Å²) in [7, 11) is 0. The Hall–Kier alpha value is -2.11. The number of hydrogen-bond donors (Lipinski definition) is 1. The Bertz CT molecular complexity index is 939. The van der Waals surface area contributed by atoms with Crippen molar-refractivity contribution in [3.63, 3.8) is 0 Å². The first-order valence-electron chi connectivity index (χ1n) is 8.59. The number of hydrogen-bond acceptors (Lipinski definition) is 4. The molecular formula is C20H21N3OS. The van der Waals surface area contributed by atoms with E-state index in [9.17, 15) is 4.79 Å². The number of fused-ring (bicyclic) bond motifs is 1. The van der Waals surface area contributed by atoms with Gasteiger partial charge in [0.2, 0.25) is 0 Å². The van der Waals surface area contributed by atoms with Gasteiger partial charge in [-0.05, 0) is 61.4 Å². The number of aromatic nitrogens is 2. The van der Waals surface area contributed by atoms with Gasteiger partial charge in [0.25, 0.3) is 5.56 Å². The highest BCUT2D eigenvalue weighted by Crippen LogP contribution is 2.31. The van der Waals surface area contributed by atoms with Gasteiger partial charge in [-0.2, -0.15) is 0 Å². The second-order valence-electron chi connectivity index (χ2n) is 6.46. The molecule has 1 aliphatic rings. The molecule has 0 bridgehead atoms. The zero-order valence-corrected chi connectivity index (χ0v) is 15.1. The number of benzene rings is 1. The molecule has 128 valence electrons. The molecule has 1 aromatic carbocycles. The lowest BCUT2D eigenvalue weighted by atomic mass is 10.1. The molecule has 0 saturated carbocycles. The molecule has 0 spiro atoms.